The maximum atomic E-state index is 8.07. The van der Waals surface area contributed by atoms with Gasteiger partial charge in [-0.25, -0.2) is 0 Å². The van der Waals surface area contributed by atoms with E-state index in [1.54, 1.807) is 18.2 Å². The van der Waals surface area contributed by atoms with Crippen LogP contribution < -0.4 is 0 Å². The highest BCUT2D eigenvalue weighted by molar-refractivity contribution is 6.42. The Labute approximate surface area is 84.0 Å². The second kappa shape index (κ2) is 4.21. The fourth-order valence-corrected chi connectivity index (χ4v) is 1.16. The standard InChI is InChI=1S/C7H5Cl2N3.3H2/c8-6-3-1-2-5(7(6)9)4-11-12-10;;;/h1-3H,4H2;3*1H. The van der Waals surface area contributed by atoms with Crippen LogP contribution in [0, 0.1) is 0 Å². The highest BCUT2D eigenvalue weighted by Gasteiger charge is 2.01. The average Bonchev–Trinajstić information content (AvgIpc) is 2.08. The molecule has 0 heterocycles. The van der Waals surface area contributed by atoms with Crippen molar-refractivity contribution < 1.29 is 4.28 Å². The number of benzene rings is 1. The molecule has 68 valence electrons. The van der Waals surface area contributed by atoms with Gasteiger partial charge in [0.15, 0.2) is 0 Å². The fourth-order valence-electron chi connectivity index (χ4n) is 0.778. The number of nitrogens with zero attached hydrogens (tertiary/aromatic N) is 3. The van der Waals surface area contributed by atoms with Crippen LogP contribution >= 0.6 is 23.2 Å². The van der Waals surface area contributed by atoms with E-state index in [0.29, 0.717) is 10.0 Å². The maximum absolute atomic E-state index is 8.07. The lowest BCUT2D eigenvalue weighted by molar-refractivity contribution is 1.05. The monoisotopic (exact) mass is 207 g/mol. The third-order valence-corrected chi connectivity index (χ3v) is 2.19. The summed E-state index contributed by atoms with van der Waals surface area (Å²) in [6.07, 6.45) is 0. The van der Waals surface area contributed by atoms with E-state index in [2.05, 4.69) is 10.0 Å². The molecule has 0 unspecified atom stereocenters. The Morgan fingerprint density at radius 2 is 2.25 bits per heavy atom. The molecule has 0 saturated heterocycles. The van der Waals surface area contributed by atoms with Gasteiger partial charge in [-0.05, 0) is 17.2 Å². The van der Waals surface area contributed by atoms with Gasteiger partial charge in [0.1, 0.15) is 0 Å². The van der Waals surface area contributed by atoms with Crippen LogP contribution in [0.2, 0.25) is 10.0 Å². The van der Waals surface area contributed by atoms with Crippen LogP contribution in [-0.2, 0) is 6.54 Å². The van der Waals surface area contributed by atoms with Crippen molar-refractivity contribution in [1.29, 1.82) is 0 Å². The minimum Gasteiger partial charge on any atom is -0.0892 e. The lowest BCUT2D eigenvalue weighted by Gasteiger charge is -2.00. The van der Waals surface area contributed by atoms with Crippen molar-refractivity contribution in [3.8, 4) is 0 Å². The molecule has 5 heteroatoms. The zero-order chi connectivity index (χ0) is 8.97. The molecule has 0 aliphatic carbocycles. The van der Waals surface area contributed by atoms with E-state index < -0.39 is 0 Å². The van der Waals surface area contributed by atoms with Crippen LogP contribution in [0.1, 0.15) is 9.84 Å². The first-order valence-electron chi connectivity index (χ1n) is 3.19. The van der Waals surface area contributed by atoms with Crippen LogP contribution in [-0.4, -0.2) is 0 Å². The second-order valence-electron chi connectivity index (χ2n) is 2.10. The van der Waals surface area contributed by atoms with Gasteiger partial charge in [0.2, 0.25) is 0 Å². The maximum Gasteiger partial charge on any atom is 0.0625 e. The quantitative estimate of drug-likeness (QED) is 0.389. The van der Waals surface area contributed by atoms with Crippen LogP contribution in [0.15, 0.2) is 23.3 Å². The number of hydrogen-bond donors (Lipinski definition) is 0. The molecule has 3 nitrogen and oxygen atoms in total. The van der Waals surface area contributed by atoms with Gasteiger partial charge in [-0.2, -0.15) is 0 Å². The van der Waals surface area contributed by atoms with E-state index in [9.17, 15) is 0 Å². The number of rotatable bonds is 2. The Morgan fingerprint density at radius 1 is 1.50 bits per heavy atom. The van der Waals surface area contributed by atoms with Crippen molar-refractivity contribution in [2.75, 3.05) is 0 Å². The van der Waals surface area contributed by atoms with E-state index in [4.69, 9.17) is 28.7 Å². The molecule has 12 heavy (non-hydrogen) atoms. The van der Waals surface area contributed by atoms with E-state index in [1.165, 1.54) is 0 Å². The summed E-state index contributed by atoms with van der Waals surface area (Å²) in [5.41, 5.74) is 8.81. The van der Waals surface area contributed by atoms with Gasteiger partial charge in [0.05, 0.1) is 16.6 Å². The van der Waals surface area contributed by atoms with E-state index in [0.717, 1.165) is 5.56 Å². The predicted molar refractivity (Wildman–Crippen MR) is 55.7 cm³/mol. The highest BCUT2D eigenvalue weighted by atomic mass is 35.5. The number of halogens is 2. The molecule has 0 aliphatic rings. The normalized spacial score (nSPS) is 9.17. The van der Waals surface area contributed by atoms with Gasteiger partial charge < -0.3 is 0 Å². The summed E-state index contributed by atoms with van der Waals surface area (Å²) in [5.74, 6) is 0. The minimum absolute atomic E-state index is 0. The Morgan fingerprint density at radius 3 is 2.92 bits per heavy atom. The van der Waals surface area contributed by atoms with Gasteiger partial charge in [0.25, 0.3) is 0 Å². The molecular weight excluding hydrogens is 197 g/mol. The molecule has 0 saturated carbocycles. The second-order valence-corrected chi connectivity index (χ2v) is 2.89. The van der Waals surface area contributed by atoms with Crippen LogP contribution in [0.3, 0.4) is 0 Å². The first-order chi connectivity index (χ1) is 5.75. The average molecular weight is 208 g/mol. The molecule has 0 spiro atoms. The smallest absolute Gasteiger partial charge is 0.0625 e. The molecule has 1 rings (SSSR count). The van der Waals surface area contributed by atoms with Crippen molar-refractivity contribution in [3.05, 3.63) is 44.3 Å². The Hall–Kier alpha value is -0.890. The Kier molecular flexibility index (Phi) is 3.23. The number of hydrogen-bond acceptors (Lipinski definition) is 1. The van der Waals surface area contributed by atoms with E-state index in [1.807, 2.05) is 0 Å². The van der Waals surface area contributed by atoms with Gasteiger partial charge in [-0.3, -0.25) is 0 Å². The lowest BCUT2D eigenvalue weighted by atomic mass is 10.2. The summed E-state index contributed by atoms with van der Waals surface area (Å²) in [6, 6.07) is 5.21. The molecule has 0 radical (unpaired) electrons. The van der Waals surface area contributed by atoms with Crippen molar-refractivity contribution in [3.63, 3.8) is 0 Å². The Bertz CT molecular complexity index is 342. The minimum atomic E-state index is 0. The third-order valence-electron chi connectivity index (χ3n) is 1.34. The highest BCUT2D eigenvalue weighted by Crippen LogP contribution is 2.25. The fraction of sp³-hybridized carbons (Fsp3) is 0.143. The first-order valence-corrected chi connectivity index (χ1v) is 3.95. The van der Waals surface area contributed by atoms with E-state index in [-0.39, 0.29) is 10.8 Å². The molecule has 0 fully saturated rings. The van der Waals surface area contributed by atoms with Crippen molar-refractivity contribution in [2.24, 2.45) is 5.11 Å². The predicted octanol–water partition coefficient (Wildman–Crippen LogP) is 4.54. The summed E-state index contributed by atoms with van der Waals surface area (Å²) in [5, 5.41) is 4.31. The van der Waals surface area contributed by atoms with Crippen molar-refractivity contribution in [2.45, 2.75) is 6.54 Å². The molecule has 1 aromatic rings. The third kappa shape index (κ3) is 2.05. The zero-order valence-electron chi connectivity index (χ0n) is 6.04. The molecule has 0 aromatic heterocycles. The molecule has 0 aliphatic heterocycles. The molecule has 1 aromatic carbocycles. The summed E-state index contributed by atoms with van der Waals surface area (Å²) in [7, 11) is 0. The van der Waals surface area contributed by atoms with Gasteiger partial charge in [0, 0.05) is 9.19 Å². The van der Waals surface area contributed by atoms with Gasteiger partial charge in [-0.15, -0.1) is 0 Å². The molecular formula is C7H11Cl2N3. The SMILES string of the molecule is [HH].[HH].[HH].[N-]=[N+]=NCc1cccc(Cl)c1Cl. The molecule has 0 bridgehead atoms. The Balaban J connectivity index is -0.000000480. The van der Waals surface area contributed by atoms with E-state index >= 15 is 0 Å². The van der Waals surface area contributed by atoms with Crippen LogP contribution in [0.4, 0.5) is 0 Å². The van der Waals surface area contributed by atoms with Crippen molar-refractivity contribution >= 4 is 23.2 Å². The largest absolute Gasteiger partial charge is 0.0892 e. The van der Waals surface area contributed by atoms with Crippen molar-refractivity contribution in [1.82, 2.24) is 0 Å². The number of azide groups is 1. The van der Waals surface area contributed by atoms with Gasteiger partial charge in [-0.1, -0.05) is 40.4 Å². The van der Waals surface area contributed by atoms with Crippen LogP contribution in [0.5, 0.6) is 0 Å². The van der Waals surface area contributed by atoms with Gasteiger partial charge >= 0.3 is 0 Å². The molecule has 0 amide bonds. The first kappa shape index (κ1) is 9.20. The zero-order valence-corrected chi connectivity index (χ0v) is 7.55. The lowest BCUT2D eigenvalue weighted by Crippen LogP contribution is -1.82. The summed E-state index contributed by atoms with van der Waals surface area (Å²) >= 11 is 11.5. The molecule has 0 atom stereocenters. The molecule has 0 N–H and O–H groups in total. The summed E-state index contributed by atoms with van der Waals surface area (Å²) in [6.45, 7) is 0.232. The topological polar surface area (TPSA) is 48.8 Å². The summed E-state index contributed by atoms with van der Waals surface area (Å²) in [4.78, 5) is 2.63. The van der Waals surface area contributed by atoms with Crippen LogP contribution in [0.25, 0.3) is 10.4 Å². The summed E-state index contributed by atoms with van der Waals surface area (Å²) < 4.78 is 0.